The van der Waals surface area contributed by atoms with Crippen LogP contribution in [0.15, 0.2) is 48.0 Å². The quantitative estimate of drug-likeness (QED) is 0.493. The number of hydrogen-bond donors (Lipinski definition) is 2. The molecule has 3 rings (SSSR count). The van der Waals surface area contributed by atoms with Crippen molar-refractivity contribution in [2.24, 2.45) is 0 Å². The van der Waals surface area contributed by atoms with E-state index in [1.807, 2.05) is 19.1 Å². The second kappa shape index (κ2) is 10.5. The molecule has 1 aliphatic carbocycles. The summed E-state index contributed by atoms with van der Waals surface area (Å²) in [5.41, 5.74) is 6.68. The summed E-state index contributed by atoms with van der Waals surface area (Å²) in [5, 5.41) is 8.81. The molecular formula is C24H26F3NO4. The maximum atomic E-state index is 12.7. The zero-order chi connectivity index (χ0) is 23.1. The van der Waals surface area contributed by atoms with Crippen LogP contribution in [-0.4, -0.2) is 17.7 Å². The molecule has 0 unspecified atom stereocenters. The number of rotatable bonds is 8. The second-order valence-corrected chi connectivity index (χ2v) is 7.79. The first-order valence-electron chi connectivity index (χ1n) is 10.5. The van der Waals surface area contributed by atoms with E-state index in [-0.39, 0.29) is 6.61 Å². The SMILES string of the molecule is Cc1cc(C(NOCc2ccc(C(F)(F)F)cc2)=C2CCCCC2)ccc1OCC(=O)O. The third-order valence-electron chi connectivity index (χ3n) is 5.32. The Bertz CT molecular complexity index is 960. The van der Waals surface area contributed by atoms with Gasteiger partial charge in [0.25, 0.3) is 0 Å². The third kappa shape index (κ3) is 6.50. The summed E-state index contributed by atoms with van der Waals surface area (Å²) in [6.07, 6.45) is 0.833. The van der Waals surface area contributed by atoms with Crippen LogP contribution in [0.2, 0.25) is 0 Å². The summed E-state index contributed by atoms with van der Waals surface area (Å²) >= 11 is 0. The maximum Gasteiger partial charge on any atom is 0.416 e. The van der Waals surface area contributed by atoms with Gasteiger partial charge in [-0.1, -0.05) is 18.6 Å². The van der Waals surface area contributed by atoms with Crippen LogP contribution in [-0.2, 0) is 22.4 Å². The Balaban J connectivity index is 1.73. The van der Waals surface area contributed by atoms with Crippen molar-refractivity contribution in [3.63, 3.8) is 0 Å². The van der Waals surface area contributed by atoms with Gasteiger partial charge < -0.3 is 9.84 Å². The van der Waals surface area contributed by atoms with Crippen molar-refractivity contribution in [3.05, 3.63) is 70.3 Å². The number of aryl methyl sites for hydroxylation is 1. The van der Waals surface area contributed by atoms with Crippen molar-refractivity contribution in [3.8, 4) is 5.75 Å². The van der Waals surface area contributed by atoms with Crippen LogP contribution >= 0.6 is 0 Å². The van der Waals surface area contributed by atoms with Gasteiger partial charge in [0.2, 0.25) is 0 Å². The van der Waals surface area contributed by atoms with E-state index < -0.39 is 24.3 Å². The number of hydrogen-bond acceptors (Lipinski definition) is 4. The highest BCUT2D eigenvalue weighted by Crippen LogP contribution is 2.32. The fraction of sp³-hybridized carbons (Fsp3) is 0.375. The summed E-state index contributed by atoms with van der Waals surface area (Å²) in [6, 6.07) is 10.4. The summed E-state index contributed by atoms with van der Waals surface area (Å²) in [4.78, 5) is 16.4. The Hall–Kier alpha value is -3.00. The zero-order valence-electron chi connectivity index (χ0n) is 17.8. The minimum absolute atomic E-state index is 0.105. The molecule has 1 fully saturated rings. The highest BCUT2D eigenvalue weighted by Gasteiger charge is 2.29. The van der Waals surface area contributed by atoms with E-state index in [1.165, 1.54) is 24.1 Å². The summed E-state index contributed by atoms with van der Waals surface area (Å²) < 4.78 is 43.5. The normalized spacial score (nSPS) is 14.2. The highest BCUT2D eigenvalue weighted by atomic mass is 19.4. The fourth-order valence-corrected chi connectivity index (χ4v) is 3.65. The molecule has 0 spiro atoms. The van der Waals surface area contributed by atoms with Crippen LogP contribution in [0, 0.1) is 6.92 Å². The molecule has 2 N–H and O–H groups in total. The number of halogens is 3. The Morgan fingerprint density at radius 1 is 1.06 bits per heavy atom. The molecule has 0 amide bonds. The predicted molar refractivity (Wildman–Crippen MR) is 114 cm³/mol. The fourth-order valence-electron chi connectivity index (χ4n) is 3.65. The van der Waals surface area contributed by atoms with Crippen molar-refractivity contribution in [2.75, 3.05) is 6.61 Å². The van der Waals surface area contributed by atoms with Gasteiger partial charge in [-0.05, 0) is 79.6 Å². The molecule has 0 bridgehead atoms. The number of ether oxygens (including phenoxy) is 1. The van der Waals surface area contributed by atoms with Crippen molar-refractivity contribution < 1.29 is 32.6 Å². The van der Waals surface area contributed by atoms with Gasteiger partial charge in [0.15, 0.2) is 6.61 Å². The lowest BCUT2D eigenvalue weighted by molar-refractivity contribution is -0.139. The van der Waals surface area contributed by atoms with Crippen molar-refractivity contribution >= 4 is 11.7 Å². The molecule has 2 aromatic rings. The van der Waals surface area contributed by atoms with Gasteiger partial charge >= 0.3 is 12.1 Å². The number of carboxylic acid groups (broad SMARTS) is 1. The molecule has 1 aliphatic rings. The summed E-state index contributed by atoms with van der Waals surface area (Å²) in [6.45, 7) is 1.53. The molecule has 0 aromatic heterocycles. The second-order valence-electron chi connectivity index (χ2n) is 7.79. The molecule has 0 saturated heterocycles. The number of hydroxylamine groups is 1. The third-order valence-corrected chi connectivity index (χ3v) is 5.32. The summed E-state index contributed by atoms with van der Waals surface area (Å²) in [7, 11) is 0. The topological polar surface area (TPSA) is 67.8 Å². The number of alkyl halides is 3. The Labute approximate surface area is 184 Å². The molecule has 172 valence electrons. The number of nitrogens with one attached hydrogen (secondary N) is 1. The lowest BCUT2D eigenvalue weighted by atomic mass is 9.91. The van der Waals surface area contributed by atoms with Crippen LogP contribution < -0.4 is 10.2 Å². The van der Waals surface area contributed by atoms with E-state index in [4.69, 9.17) is 14.7 Å². The monoisotopic (exact) mass is 449 g/mol. The van der Waals surface area contributed by atoms with Gasteiger partial charge in [0.05, 0.1) is 17.9 Å². The van der Waals surface area contributed by atoms with Gasteiger partial charge in [0, 0.05) is 5.56 Å². The van der Waals surface area contributed by atoms with E-state index in [1.54, 1.807) is 6.07 Å². The first-order valence-corrected chi connectivity index (χ1v) is 10.5. The molecular weight excluding hydrogens is 423 g/mol. The molecule has 0 atom stereocenters. The number of carboxylic acids is 1. The first-order chi connectivity index (χ1) is 15.2. The highest BCUT2D eigenvalue weighted by molar-refractivity contribution is 5.69. The van der Waals surface area contributed by atoms with E-state index in [0.717, 1.165) is 54.6 Å². The molecule has 8 heteroatoms. The van der Waals surface area contributed by atoms with E-state index in [2.05, 4.69) is 5.48 Å². The Morgan fingerprint density at radius 2 is 1.75 bits per heavy atom. The molecule has 32 heavy (non-hydrogen) atoms. The molecule has 1 saturated carbocycles. The zero-order valence-corrected chi connectivity index (χ0v) is 17.8. The minimum atomic E-state index is -4.37. The average Bonchev–Trinajstić information content (AvgIpc) is 2.76. The number of carbonyl (C=O) groups is 1. The lowest BCUT2D eigenvalue weighted by Crippen LogP contribution is -2.17. The van der Waals surface area contributed by atoms with Gasteiger partial charge in [-0.15, -0.1) is 0 Å². The summed E-state index contributed by atoms with van der Waals surface area (Å²) in [5.74, 6) is -0.549. The lowest BCUT2D eigenvalue weighted by Gasteiger charge is -2.21. The molecule has 2 aromatic carbocycles. The van der Waals surface area contributed by atoms with Crippen LogP contribution in [0.25, 0.3) is 5.70 Å². The van der Waals surface area contributed by atoms with Gasteiger partial charge in [0.1, 0.15) is 5.75 Å². The maximum absolute atomic E-state index is 12.7. The molecule has 5 nitrogen and oxygen atoms in total. The van der Waals surface area contributed by atoms with Gasteiger partial charge in [-0.3, -0.25) is 10.3 Å². The minimum Gasteiger partial charge on any atom is -0.482 e. The van der Waals surface area contributed by atoms with Crippen molar-refractivity contribution in [1.29, 1.82) is 0 Å². The standard InChI is InChI=1S/C24H26F3NO4/c1-16-13-19(9-12-21(16)31-15-22(29)30)23(18-5-3-2-4-6-18)28-32-14-17-7-10-20(11-8-17)24(25,26)27/h7-13,28H,2-6,14-15H2,1H3,(H,29,30). The number of benzene rings is 2. The van der Waals surface area contributed by atoms with Crippen molar-refractivity contribution in [1.82, 2.24) is 5.48 Å². The van der Waals surface area contributed by atoms with Crippen LogP contribution in [0.3, 0.4) is 0 Å². The van der Waals surface area contributed by atoms with E-state index in [0.29, 0.717) is 11.3 Å². The molecule has 0 aliphatic heterocycles. The van der Waals surface area contributed by atoms with Crippen LogP contribution in [0.1, 0.15) is 54.4 Å². The Morgan fingerprint density at radius 3 is 2.34 bits per heavy atom. The molecule has 0 heterocycles. The largest absolute Gasteiger partial charge is 0.482 e. The van der Waals surface area contributed by atoms with E-state index >= 15 is 0 Å². The van der Waals surface area contributed by atoms with Crippen molar-refractivity contribution in [2.45, 2.75) is 51.8 Å². The smallest absolute Gasteiger partial charge is 0.416 e. The van der Waals surface area contributed by atoms with Crippen LogP contribution in [0.5, 0.6) is 5.75 Å². The van der Waals surface area contributed by atoms with Gasteiger partial charge in [-0.2, -0.15) is 13.2 Å². The molecule has 0 radical (unpaired) electrons. The van der Waals surface area contributed by atoms with Crippen LogP contribution in [0.4, 0.5) is 13.2 Å². The van der Waals surface area contributed by atoms with Gasteiger partial charge in [-0.25, -0.2) is 4.79 Å². The number of allylic oxidation sites excluding steroid dienone is 1. The number of aliphatic carboxylic acids is 1. The predicted octanol–water partition coefficient (Wildman–Crippen LogP) is 5.87. The van der Waals surface area contributed by atoms with E-state index in [9.17, 15) is 18.0 Å². The first kappa shape index (κ1) is 23.7. The Kier molecular flexibility index (Phi) is 7.80. The average molecular weight is 449 g/mol.